The van der Waals surface area contributed by atoms with Gasteiger partial charge < -0.3 is 15.2 Å². The molecular weight excluding hydrogens is 306 g/mol. The van der Waals surface area contributed by atoms with Gasteiger partial charge in [0.15, 0.2) is 11.5 Å². The predicted molar refractivity (Wildman–Crippen MR) is 78.8 cm³/mol. The highest BCUT2D eigenvalue weighted by atomic mass is 79.9. The first-order valence-electron chi connectivity index (χ1n) is 6.74. The summed E-state index contributed by atoms with van der Waals surface area (Å²) in [6, 6.07) is 4.08. The summed E-state index contributed by atoms with van der Waals surface area (Å²) in [5.41, 5.74) is 7.31. The van der Waals surface area contributed by atoms with E-state index in [0.29, 0.717) is 0 Å². The molecule has 3 nitrogen and oxygen atoms in total. The normalized spacial score (nSPS) is 20.2. The lowest BCUT2D eigenvalue weighted by Crippen LogP contribution is -2.34. The first kappa shape index (κ1) is 13.3. The highest BCUT2D eigenvalue weighted by Gasteiger charge is 2.46. The second-order valence-corrected chi connectivity index (χ2v) is 7.49. The standard InChI is InChI=1S/C15H20BrNO2/c1-14(2,17)7-10-5-12-13(6-11(10)16)19-9-15(3-4-15)8-18-12/h5-6H,3-4,7-9,17H2,1-2H3. The predicted octanol–water partition coefficient (Wildman–Crippen LogP) is 3.28. The Morgan fingerprint density at radius 2 is 1.79 bits per heavy atom. The maximum Gasteiger partial charge on any atom is 0.162 e. The van der Waals surface area contributed by atoms with Gasteiger partial charge >= 0.3 is 0 Å². The van der Waals surface area contributed by atoms with Crippen molar-refractivity contribution in [2.45, 2.75) is 38.6 Å². The van der Waals surface area contributed by atoms with Gasteiger partial charge in [-0.15, -0.1) is 0 Å². The SMILES string of the molecule is CC(C)(N)Cc1cc2c(cc1Br)OCC1(CC1)CO2. The van der Waals surface area contributed by atoms with E-state index in [1.54, 1.807) is 0 Å². The molecule has 1 aromatic rings. The Kier molecular flexibility index (Phi) is 3.06. The summed E-state index contributed by atoms with van der Waals surface area (Å²) in [6.07, 6.45) is 3.23. The topological polar surface area (TPSA) is 44.5 Å². The van der Waals surface area contributed by atoms with Gasteiger partial charge in [0.05, 0.1) is 13.2 Å². The average Bonchev–Trinajstić information content (AvgIpc) is 3.08. The monoisotopic (exact) mass is 325 g/mol. The summed E-state index contributed by atoms with van der Waals surface area (Å²) in [7, 11) is 0. The van der Waals surface area contributed by atoms with Crippen molar-refractivity contribution in [1.29, 1.82) is 0 Å². The van der Waals surface area contributed by atoms with Crippen molar-refractivity contribution in [2.75, 3.05) is 13.2 Å². The number of hydrogen-bond acceptors (Lipinski definition) is 3. The molecule has 0 amide bonds. The molecule has 0 radical (unpaired) electrons. The lowest BCUT2D eigenvalue weighted by atomic mass is 9.96. The number of halogens is 1. The van der Waals surface area contributed by atoms with Crippen molar-refractivity contribution in [3.63, 3.8) is 0 Å². The largest absolute Gasteiger partial charge is 0.489 e. The molecule has 1 aliphatic carbocycles. The third-order valence-corrected chi connectivity index (χ3v) is 4.52. The Morgan fingerprint density at radius 3 is 2.32 bits per heavy atom. The van der Waals surface area contributed by atoms with Crippen molar-refractivity contribution in [3.05, 3.63) is 22.2 Å². The van der Waals surface area contributed by atoms with Gasteiger partial charge in [0, 0.05) is 15.4 Å². The quantitative estimate of drug-likeness (QED) is 0.907. The lowest BCUT2D eigenvalue weighted by Gasteiger charge is -2.20. The summed E-state index contributed by atoms with van der Waals surface area (Å²) in [4.78, 5) is 0. The zero-order valence-electron chi connectivity index (χ0n) is 11.5. The second kappa shape index (κ2) is 4.38. The van der Waals surface area contributed by atoms with Crippen LogP contribution in [-0.2, 0) is 6.42 Å². The zero-order chi connectivity index (χ0) is 13.7. The van der Waals surface area contributed by atoms with Crippen molar-refractivity contribution < 1.29 is 9.47 Å². The Bertz CT molecular complexity index is 504. The average molecular weight is 326 g/mol. The fourth-order valence-corrected chi connectivity index (χ4v) is 2.86. The Hall–Kier alpha value is -0.740. The zero-order valence-corrected chi connectivity index (χ0v) is 13.0. The van der Waals surface area contributed by atoms with Crippen molar-refractivity contribution in [3.8, 4) is 11.5 Å². The minimum Gasteiger partial charge on any atom is -0.489 e. The molecular formula is C15H20BrNO2. The van der Waals surface area contributed by atoms with Crippen LogP contribution >= 0.6 is 15.9 Å². The van der Waals surface area contributed by atoms with Crippen LogP contribution in [0.15, 0.2) is 16.6 Å². The highest BCUT2D eigenvalue weighted by Crippen LogP contribution is 2.49. The van der Waals surface area contributed by atoms with Crippen LogP contribution in [0, 0.1) is 5.41 Å². The fourth-order valence-electron chi connectivity index (χ4n) is 2.40. The van der Waals surface area contributed by atoms with Crippen LogP contribution in [0.3, 0.4) is 0 Å². The van der Waals surface area contributed by atoms with Crippen LogP contribution in [0.4, 0.5) is 0 Å². The van der Waals surface area contributed by atoms with Crippen molar-refractivity contribution >= 4 is 15.9 Å². The molecule has 0 atom stereocenters. The molecule has 1 aromatic carbocycles. The molecule has 1 spiro atoms. The molecule has 2 N–H and O–H groups in total. The Labute approximate surface area is 122 Å². The number of ether oxygens (including phenoxy) is 2. The van der Waals surface area contributed by atoms with Gasteiger partial charge in [0.1, 0.15) is 0 Å². The van der Waals surface area contributed by atoms with Gasteiger partial charge in [-0.3, -0.25) is 0 Å². The second-order valence-electron chi connectivity index (χ2n) is 6.63. The summed E-state index contributed by atoms with van der Waals surface area (Å²) >= 11 is 3.61. The molecule has 19 heavy (non-hydrogen) atoms. The number of fused-ring (bicyclic) bond motifs is 1. The summed E-state index contributed by atoms with van der Waals surface area (Å²) < 4.78 is 12.9. The van der Waals surface area contributed by atoms with Gasteiger partial charge in [-0.25, -0.2) is 0 Å². The van der Waals surface area contributed by atoms with Crippen LogP contribution in [0.2, 0.25) is 0 Å². The van der Waals surface area contributed by atoms with Crippen LogP contribution in [0.25, 0.3) is 0 Å². The number of hydrogen-bond donors (Lipinski definition) is 1. The van der Waals surface area contributed by atoms with E-state index in [4.69, 9.17) is 15.2 Å². The van der Waals surface area contributed by atoms with Crippen LogP contribution < -0.4 is 15.2 Å². The van der Waals surface area contributed by atoms with Gasteiger partial charge in [0.2, 0.25) is 0 Å². The summed E-state index contributed by atoms with van der Waals surface area (Å²) in [5, 5.41) is 0. The third-order valence-electron chi connectivity index (χ3n) is 3.78. The van der Waals surface area contributed by atoms with E-state index in [1.165, 1.54) is 18.4 Å². The molecule has 0 saturated heterocycles. The number of rotatable bonds is 2. The maximum atomic E-state index is 6.10. The summed E-state index contributed by atoms with van der Waals surface area (Å²) in [6.45, 7) is 5.60. The van der Waals surface area contributed by atoms with Crippen LogP contribution in [0.1, 0.15) is 32.3 Å². The Balaban J connectivity index is 1.88. The van der Waals surface area contributed by atoms with E-state index in [-0.39, 0.29) is 11.0 Å². The van der Waals surface area contributed by atoms with Gasteiger partial charge in [-0.2, -0.15) is 0 Å². The molecule has 0 bridgehead atoms. The molecule has 4 heteroatoms. The van der Waals surface area contributed by atoms with Crippen molar-refractivity contribution in [1.82, 2.24) is 0 Å². The molecule has 104 valence electrons. The number of nitrogens with two attached hydrogens (primary N) is 1. The smallest absolute Gasteiger partial charge is 0.162 e. The van der Waals surface area contributed by atoms with Gasteiger partial charge in [0.25, 0.3) is 0 Å². The molecule has 2 aliphatic rings. The van der Waals surface area contributed by atoms with E-state index < -0.39 is 0 Å². The van der Waals surface area contributed by atoms with Crippen LogP contribution in [-0.4, -0.2) is 18.8 Å². The van der Waals surface area contributed by atoms with E-state index in [1.807, 2.05) is 19.9 Å². The molecule has 1 heterocycles. The lowest BCUT2D eigenvalue weighted by molar-refractivity contribution is 0.197. The molecule has 1 saturated carbocycles. The molecule has 1 aliphatic heterocycles. The Morgan fingerprint density at radius 1 is 1.21 bits per heavy atom. The first-order valence-corrected chi connectivity index (χ1v) is 7.53. The minimum atomic E-state index is -0.236. The van der Waals surface area contributed by atoms with Crippen molar-refractivity contribution in [2.24, 2.45) is 11.1 Å². The van der Waals surface area contributed by atoms with E-state index in [2.05, 4.69) is 22.0 Å². The van der Waals surface area contributed by atoms with E-state index >= 15 is 0 Å². The highest BCUT2D eigenvalue weighted by molar-refractivity contribution is 9.10. The third kappa shape index (κ3) is 2.90. The van der Waals surface area contributed by atoms with Gasteiger partial charge in [-0.05, 0) is 50.8 Å². The maximum absolute atomic E-state index is 6.10. The molecule has 0 unspecified atom stereocenters. The molecule has 3 rings (SSSR count). The van der Waals surface area contributed by atoms with Crippen LogP contribution in [0.5, 0.6) is 11.5 Å². The van der Waals surface area contributed by atoms with E-state index in [9.17, 15) is 0 Å². The molecule has 1 fully saturated rings. The van der Waals surface area contributed by atoms with Gasteiger partial charge in [-0.1, -0.05) is 15.9 Å². The fraction of sp³-hybridized carbons (Fsp3) is 0.600. The minimum absolute atomic E-state index is 0.236. The summed E-state index contributed by atoms with van der Waals surface area (Å²) in [5.74, 6) is 1.69. The molecule has 0 aromatic heterocycles. The first-order chi connectivity index (χ1) is 8.87. The number of benzene rings is 1. The van der Waals surface area contributed by atoms with E-state index in [0.717, 1.165) is 35.6 Å².